The second-order valence-electron chi connectivity index (χ2n) is 5.82. The lowest BCUT2D eigenvalue weighted by Gasteiger charge is -2.24. The van der Waals surface area contributed by atoms with Crippen LogP contribution in [0.3, 0.4) is 0 Å². The fourth-order valence-corrected chi connectivity index (χ4v) is 3.06. The van der Waals surface area contributed by atoms with Gasteiger partial charge in [0.05, 0.1) is 5.92 Å². The third-order valence-corrected chi connectivity index (χ3v) is 4.32. The molecule has 0 spiro atoms. The largest absolute Gasteiger partial charge is 0.293 e. The van der Waals surface area contributed by atoms with Crippen molar-refractivity contribution in [3.05, 3.63) is 108 Å². The third-order valence-electron chi connectivity index (χ3n) is 4.32. The highest BCUT2D eigenvalue weighted by Gasteiger charge is 2.28. The topological polar surface area (TPSA) is 17.1 Å². The van der Waals surface area contributed by atoms with Crippen LogP contribution in [0.15, 0.2) is 91.0 Å². The van der Waals surface area contributed by atoms with Crippen molar-refractivity contribution >= 4 is 5.78 Å². The van der Waals surface area contributed by atoms with E-state index in [0.717, 1.165) is 11.1 Å². The first kappa shape index (κ1) is 15.2. The van der Waals surface area contributed by atoms with E-state index in [1.54, 1.807) is 0 Å². The maximum absolute atomic E-state index is 13.2. The molecule has 0 aromatic heterocycles. The first-order chi connectivity index (χ1) is 11.3. The molecule has 2 atom stereocenters. The van der Waals surface area contributed by atoms with E-state index in [4.69, 9.17) is 0 Å². The smallest absolute Gasteiger partial charge is 0.170 e. The standard InChI is InChI=1S/C22H20O/c1-17(18-11-5-2-6-12-18)21(19-13-7-3-8-14-19)22(23)20-15-9-4-10-16-20/h2-17,21H,1H3/t17-,21-/m0/s1. The highest BCUT2D eigenvalue weighted by Crippen LogP contribution is 2.35. The summed E-state index contributed by atoms with van der Waals surface area (Å²) in [5, 5.41) is 0. The van der Waals surface area contributed by atoms with E-state index in [-0.39, 0.29) is 17.6 Å². The van der Waals surface area contributed by atoms with E-state index >= 15 is 0 Å². The Morgan fingerprint density at radius 3 is 1.61 bits per heavy atom. The van der Waals surface area contributed by atoms with Crippen molar-refractivity contribution < 1.29 is 4.79 Å². The maximum Gasteiger partial charge on any atom is 0.170 e. The van der Waals surface area contributed by atoms with Crippen molar-refractivity contribution in [1.82, 2.24) is 0 Å². The molecule has 0 aliphatic heterocycles. The van der Waals surface area contributed by atoms with Crippen molar-refractivity contribution in [2.75, 3.05) is 0 Å². The van der Waals surface area contributed by atoms with E-state index < -0.39 is 0 Å². The van der Waals surface area contributed by atoms with Gasteiger partial charge in [0, 0.05) is 5.56 Å². The summed E-state index contributed by atoms with van der Waals surface area (Å²) in [5.41, 5.74) is 3.02. The van der Waals surface area contributed by atoms with Crippen LogP contribution in [-0.4, -0.2) is 5.78 Å². The van der Waals surface area contributed by atoms with Crippen molar-refractivity contribution in [3.8, 4) is 0 Å². The summed E-state index contributed by atoms with van der Waals surface area (Å²) in [6.45, 7) is 2.13. The Morgan fingerprint density at radius 1 is 0.652 bits per heavy atom. The number of carbonyl (C=O) groups is 1. The lowest BCUT2D eigenvalue weighted by atomic mass is 9.78. The van der Waals surface area contributed by atoms with E-state index in [2.05, 4.69) is 19.1 Å². The average Bonchev–Trinajstić information content (AvgIpc) is 2.64. The zero-order chi connectivity index (χ0) is 16.1. The number of rotatable bonds is 5. The van der Waals surface area contributed by atoms with Gasteiger partial charge in [0.25, 0.3) is 0 Å². The van der Waals surface area contributed by atoms with Crippen LogP contribution in [0.25, 0.3) is 0 Å². The third kappa shape index (κ3) is 3.40. The van der Waals surface area contributed by atoms with E-state index in [9.17, 15) is 4.79 Å². The van der Waals surface area contributed by atoms with Crippen LogP contribution in [0.2, 0.25) is 0 Å². The summed E-state index contributed by atoms with van der Waals surface area (Å²) in [6.07, 6.45) is 0. The molecule has 23 heavy (non-hydrogen) atoms. The van der Waals surface area contributed by atoms with Gasteiger partial charge in [-0.1, -0.05) is 97.9 Å². The summed E-state index contributed by atoms with van der Waals surface area (Å²) in [5.74, 6) is 0.112. The fraction of sp³-hybridized carbons (Fsp3) is 0.136. The molecule has 0 aliphatic rings. The molecule has 0 N–H and O–H groups in total. The van der Waals surface area contributed by atoms with Gasteiger partial charge in [-0.15, -0.1) is 0 Å². The number of hydrogen-bond acceptors (Lipinski definition) is 1. The van der Waals surface area contributed by atoms with Crippen molar-refractivity contribution in [2.24, 2.45) is 0 Å². The maximum atomic E-state index is 13.2. The molecule has 0 bridgehead atoms. The minimum Gasteiger partial charge on any atom is -0.293 e. The molecule has 3 rings (SSSR count). The second-order valence-corrected chi connectivity index (χ2v) is 5.82. The summed E-state index contributed by atoms with van der Waals surface area (Å²) in [6, 6.07) is 29.9. The summed E-state index contributed by atoms with van der Waals surface area (Å²) in [7, 11) is 0. The van der Waals surface area contributed by atoms with Gasteiger partial charge in [0.1, 0.15) is 0 Å². The Hall–Kier alpha value is -2.67. The molecule has 1 nitrogen and oxygen atoms in total. The molecular weight excluding hydrogens is 280 g/mol. The molecule has 0 saturated carbocycles. The highest BCUT2D eigenvalue weighted by atomic mass is 16.1. The van der Waals surface area contributed by atoms with Crippen molar-refractivity contribution in [1.29, 1.82) is 0 Å². The van der Waals surface area contributed by atoms with Gasteiger partial charge in [-0.05, 0) is 17.0 Å². The van der Waals surface area contributed by atoms with Gasteiger partial charge in [-0.25, -0.2) is 0 Å². The molecule has 3 aromatic carbocycles. The number of Topliss-reactive ketones (excluding diaryl/α,β-unsaturated/α-hetero) is 1. The van der Waals surface area contributed by atoms with Gasteiger partial charge in [-0.3, -0.25) is 4.79 Å². The number of hydrogen-bond donors (Lipinski definition) is 0. The molecule has 0 aliphatic carbocycles. The molecule has 114 valence electrons. The van der Waals surface area contributed by atoms with E-state index in [1.807, 2.05) is 78.9 Å². The molecule has 0 fully saturated rings. The summed E-state index contributed by atoms with van der Waals surface area (Å²) < 4.78 is 0. The lowest BCUT2D eigenvalue weighted by molar-refractivity contribution is 0.0949. The van der Waals surface area contributed by atoms with Crippen LogP contribution in [0, 0.1) is 0 Å². The Balaban J connectivity index is 2.03. The van der Waals surface area contributed by atoms with Gasteiger partial charge in [0.2, 0.25) is 0 Å². The number of carbonyl (C=O) groups excluding carboxylic acids is 1. The van der Waals surface area contributed by atoms with Crippen molar-refractivity contribution in [3.63, 3.8) is 0 Å². The van der Waals surface area contributed by atoms with Crippen molar-refractivity contribution in [2.45, 2.75) is 18.8 Å². The summed E-state index contributed by atoms with van der Waals surface area (Å²) in [4.78, 5) is 13.2. The molecule has 0 radical (unpaired) electrons. The predicted molar refractivity (Wildman–Crippen MR) is 94.8 cm³/mol. The zero-order valence-electron chi connectivity index (χ0n) is 13.2. The van der Waals surface area contributed by atoms with Crippen LogP contribution in [0.1, 0.15) is 40.2 Å². The molecule has 3 aromatic rings. The Bertz CT molecular complexity index is 748. The molecular formula is C22H20O. The first-order valence-electron chi connectivity index (χ1n) is 7.96. The van der Waals surface area contributed by atoms with E-state index in [0.29, 0.717) is 0 Å². The van der Waals surface area contributed by atoms with Gasteiger partial charge in [0.15, 0.2) is 5.78 Å². The van der Waals surface area contributed by atoms with Crippen LogP contribution < -0.4 is 0 Å². The molecule has 1 heteroatoms. The average molecular weight is 300 g/mol. The van der Waals surface area contributed by atoms with Crippen LogP contribution in [0.4, 0.5) is 0 Å². The van der Waals surface area contributed by atoms with Gasteiger partial charge < -0.3 is 0 Å². The Morgan fingerprint density at radius 2 is 1.09 bits per heavy atom. The normalized spacial score (nSPS) is 13.3. The lowest BCUT2D eigenvalue weighted by Crippen LogP contribution is -2.19. The van der Waals surface area contributed by atoms with Gasteiger partial charge >= 0.3 is 0 Å². The minimum atomic E-state index is -0.180. The number of ketones is 1. The SMILES string of the molecule is C[C@@H](c1ccccc1)[C@H](C(=O)c1ccccc1)c1ccccc1. The zero-order valence-corrected chi connectivity index (χ0v) is 13.2. The molecule has 0 amide bonds. The molecule has 0 unspecified atom stereocenters. The second kappa shape index (κ2) is 7.06. The van der Waals surface area contributed by atoms with Crippen LogP contribution >= 0.6 is 0 Å². The highest BCUT2D eigenvalue weighted by molar-refractivity contribution is 6.01. The van der Waals surface area contributed by atoms with Crippen LogP contribution in [0.5, 0.6) is 0 Å². The fourth-order valence-electron chi connectivity index (χ4n) is 3.06. The predicted octanol–water partition coefficient (Wildman–Crippen LogP) is 5.46. The summed E-state index contributed by atoms with van der Waals surface area (Å²) >= 11 is 0. The van der Waals surface area contributed by atoms with Crippen LogP contribution in [-0.2, 0) is 0 Å². The Kier molecular flexibility index (Phi) is 4.68. The minimum absolute atomic E-state index is 0.117. The number of benzene rings is 3. The van der Waals surface area contributed by atoms with E-state index in [1.165, 1.54) is 5.56 Å². The Labute approximate surface area is 137 Å². The molecule has 0 heterocycles. The quantitative estimate of drug-likeness (QED) is 0.572. The monoisotopic (exact) mass is 300 g/mol. The van der Waals surface area contributed by atoms with Gasteiger partial charge in [-0.2, -0.15) is 0 Å². The molecule has 0 saturated heterocycles. The first-order valence-corrected chi connectivity index (χ1v) is 7.96.